The quantitative estimate of drug-likeness (QED) is 0.769. The topological polar surface area (TPSA) is 33.2 Å². The smallest absolute Gasteiger partial charge is 0.255 e. The van der Waals surface area contributed by atoms with Crippen LogP contribution in [0.15, 0.2) is 18.3 Å². The first-order valence-electron chi connectivity index (χ1n) is 6.48. The van der Waals surface area contributed by atoms with Crippen LogP contribution in [-0.4, -0.2) is 28.9 Å². The van der Waals surface area contributed by atoms with Crippen molar-refractivity contribution in [3.05, 3.63) is 29.0 Å². The van der Waals surface area contributed by atoms with E-state index < -0.39 is 0 Å². The molecule has 1 fully saturated rings. The van der Waals surface area contributed by atoms with E-state index in [0.29, 0.717) is 22.7 Å². The van der Waals surface area contributed by atoms with Crippen molar-refractivity contribution >= 4 is 17.5 Å². The van der Waals surface area contributed by atoms with Gasteiger partial charge in [-0.1, -0.05) is 31.4 Å². The molecule has 1 saturated carbocycles. The van der Waals surface area contributed by atoms with Gasteiger partial charge in [0.1, 0.15) is 5.15 Å². The van der Waals surface area contributed by atoms with Gasteiger partial charge in [0.2, 0.25) is 0 Å². The van der Waals surface area contributed by atoms with Crippen molar-refractivity contribution in [3.63, 3.8) is 0 Å². The van der Waals surface area contributed by atoms with Crippen LogP contribution in [0.5, 0.6) is 0 Å². The number of pyridine rings is 1. The molecule has 0 radical (unpaired) electrons. The van der Waals surface area contributed by atoms with E-state index in [1.54, 1.807) is 18.3 Å². The molecule has 0 bridgehead atoms. The molecular formula is C14H19ClN2O. The summed E-state index contributed by atoms with van der Waals surface area (Å²) in [6.07, 6.45) is 6.36. The highest BCUT2D eigenvalue weighted by molar-refractivity contribution is 6.29. The van der Waals surface area contributed by atoms with E-state index in [0.717, 1.165) is 6.42 Å². The first kappa shape index (κ1) is 13.3. The summed E-state index contributed by atoms with van der Waals surface area (Å²) in [7, 11) is 1.89. The fourth-order valence-electron chi connectivity index (χ4n) is 2.73. The highest BCUT2D eigenvalue weighted by Gasteiger charge is 2.28. The molecule has 18 heavy (non-hydrogen) atoms. The van der Waals surface area contributed by atoms with Crippen LogP contribution in [0.2, 0.25) is 5.15 Å². The van der Waals surface area contributed by atoms with Crippen LogP contribution in [0.1, 0.15) is 43.0 Å². The zero-order valence-electron chi connectivity index (χ0n) is 10.9. The van der Waals surface area contributed by atoms with Gasteiger partial charge in [0.15, 0.2) is 0 Å². The number of halogens is 1. The number of hydrogen-bond acceptors (Lipinski definition) is 2. The number of nitrogens with zero attached hydrogens (tertiary/aromatic N) is 2. The van der Waals surface area contributed by atoms with Gasteiger partial charge >= 0.3 is 0 Å². The third kappa shape index (κ3) is 2.83. The van der Waals surface area contributed by atoms with Crippen LogP contribution in [-0.2, 0) is 0 Å². The normalized spacial score (nSPS) is 23.7. The monoisotopic (exact) mass is 266 g/mol. The van der Waals surface area contributed by atoms with Gasteiger partial charge < -0.3 is 4.90 Å². The van der Waals surface area contributed by atoms with Crippen LogP contribution in [0.4, 0.5) is 0 Å². The van der Waals surface area contributed by atoms with Crippen molar-refractivity contribution in [1.29, 1.82) is 0 Å². The predicted octanol–water partition coefficient (Wildman–Crippen LogP) is 3.39. The minimum atomic E-state index is 0.0397. The lowest BCUT2D eigenvalue weighted by Gasteiger charge is -2.36. The summed E-state index contributed by atoms with van der Waals surface area (Å²) in [4.78, 5) is 18.2. The molecule has 0 aliphatic heterocycles. The van der Waals surface area contributed by atoms with Crippen LogP contribution in [0.3, 0.4) is 0 Å². The van der Waals surface area contributed by atoms with Crippen molar-refractivity contribution < 1.29 is 4.79 Å². The zero-order chi connectivity index (χ0) is 13.1. The van der Waals surface area contributed by atoms with E-state index in [9.17, 15) is 4.79 Å². The Morgan fingerprint density at radius 2 is 2.11 bits per heavy atom. The Kier molecular flexibility index (Phi) is 4.23. The molecule has 1 aliphatic carbocycles. The number of carbonyl (C=O) groups is 1. The molecule has 1 aromatic rings. The van der Waals surface area contributed by atoms with E-state index >= 15 is 0 Å². The van der Waals surface area contributed by atoms with Gasteiger partial charge in [-0.15, -0.1) is 0 Å². The maximum Gasteiger partial charge on any atom is 0.255 e. The van der Waals surface area contributed by atoms with Gasteiger partial charge in [-0.2, -0.15) is 0 Å². The van der Waals surface area contributed by atoms with E-state index in [4.69, 9.17) is 11.6 Å². The van der Waals surface area contributed by atoms with Gasteiger partial charge in [0.25, 0.3) is 5.91 Å². The molecule has 4 heteroatoms. The van der Waals surface area contributed by atoms with Crippen molar-refractivity contribution in [2.75, 3.05) is 7.05 Å². The summed E-state index contributed by atoms with van der Waals surface area (Å²) >= 11 is 5.73. The standard InChI is InChI=1S/C14H19ClN2O/c1-10-5-3-4-6-12(10)17(2)14(18)11-7-8-13(15)16-9-11/h7-10,12H,3-6H2,1-2H3. The molecule has 1 heterocycles. The molecular weight excluding hydrogens is 248 g/mol. The van der Waals surface area contributed by atoms with Gasteiger partial charge in [0.05, 0.1) is 5.56 Å². The Hall–Kier alpha value is -1.09. The molecule has 1 amide bonds. The molecule has 1 aromatic heterocycles. The molecule has 2 rings (SSSR count). The summed E-state index contributed by atoms with van der Waals surface area (Å²) in [5, 5.41) is 0.417. The second-order valence-electron chi connectivity index (χ2n) is 5.11. The summed E-state index contributed by atoms with van der Waals surface area (Å²) in [6, 6.07) is 3.75. The van der Waals surface area contributed by atoms with Gasteiger partial charge in [0, 0.05) is 19.3 Å². The Morgan fingerprint density at radius 3 is 2.72 bits per heavy atom. The lowest BCUT2D eigenvalue weighted by atomic mass is 9.85. The fraction of sp³-hybridized carbons (Fsp3) is 0.571. The maximum atomic E-state index is 12.3. The van der Waals surface area contributed by atoms with Crippen LogP contribution in [0.25, 0.3) is 0 Å². The average molecular weight is 267 g/mol. The minimum Gasteiger partial charge on any atom is -0.338 e. The number of carbonyl (C=O) groups excluding carboxylic acids is 1. The van der Waals surface area contributed by atoms with Crippen molar-refractivity contribution in [1.82, 2.24) is 9.88 Å². The lowest BCUT2D eigenvalue weighted by molar-refractivity contribution is 0.0628. The first-order valence-corrected chi connectivity index (χ1v) is 6.86. The number of hydrogen-bond donors (Lipinski definition) is 0. The van der Waals surface area contributed by atoms with Crippen molar-refractivity contribution in [2.24, 2.45) is 5.92 Å². The van der Waals surface area contributed by atoms with E-state index in [1.807, 2.05) is 11.9 Å². The Bertz CT molecular complexity index is 418. The largest absolute Gasteiger partial charge is 0.338 e. The second kappa shape index (κ2) is 5.70. The summed E-state index contributed by atoms with van der Waals surface area (Å²) in [6.45, 7) is 2.23. The van der Waals surface area contributed by atoms with Gasteiger partial charge in [-0.25, -0.2) is 4.98 Å². The molecule has 0 N–H and O–H groups in total. The van der Waals surface area contributed by atoms with Crippen molar-refractivity contribution in [2.45, 2.75) is 38.6 Å². The lowest BCUT2D eigenvalue weighted by Crippen LogP contribution is -2.42. The van der Waals surface area contributed by atoms with E-state index in [-0.39, 0.29) is 5.91 Å². The number of amides is 1. The predicted molar refractivity (Wildman–Crippen MR) is 72.8 cm³/mol. The Morgan fingerprint density at radius 1 is 1.39 bits per heavy atom. The Labute approximate surface area is 113 Å². The Balaban J connectivity index is 2.10. The zero-order valence-corrected chi connectivity index (χ0v) is 11.7. The molecule has 3 nitrogen and oxygen atoms in total. The third-order valence-electron chi connectivity index (χ3n) is 3.86. The third-order valence-corrected chi connectivity index (χ3v) is 4.08. The highest BCUT2D eigenvalue weighted by atomic mass is 35.5. The van der Waals surface area contributed by atoms with Crippen molar-refractivity contribution in [3.8, 4) is 0 Å². The van der Waals surface area contributed by atoms with Crippen LogP contribution < -0.4 is 0 Å². The summed E-state index contributed by atoms with van der Waals surface area (Å²) in [5.41, 5.74) is 0.611. The molecule has 0 spiro atoms. The maximum absolute atomic E-state index is 12.3. The number of aromatic nitrogens is 1. The fourth-order valence-corrected chi connectivity index (χ4v) is 2.84. The first-order chi connectivity index (χ1) is 8.59. The molecule has 2 atom stereocenters. The highest BCUT2D eigenvalue weighted by Crippen LogP contribution is 2.28. The van der Waals surface area contributed by atoms with E-state index in [1.165, 1.54) is 19.3 Å². The molecule has 1 aliphatic rings. The second-order valence-corrected chi connectivity index (χ2v) is 5.50. The van der Waals surface area contributed by atoms with E-state index in [2.05, 4.69) is 11.9 Å². The molecule has 0 saturated heterocycles. The molecule has 98 valence electrons. The molecule has 0 aromatic carbocycles. The van der Waals surface area contributed by atoms with Crippen LogP contribution in [0, 0.1) is 5.92 Å². The van der Waals surface area contributed by atoms with Gasteiger partial charge in [-0.05, 0) is 30.9 Å². The van der Waals surface area contributed by atoms with Crippen LogP contribution >= 0.6 is 11.6 Å². The average Bonchev–Trinajstić information content (AvgIpc) is 2.38. The SMILES string of the molecule is CC1CCCCC1N(C)C(=O)c1ccc(Cl)nc1. The number of rotatable bonds is 2. The van der Waals surface area contributed by atoms with Gasteiger partial charge in [-0.3, -0.25) is 4.79 Å². The minimum absolute atomic E-state index is 0.0397. The summed E-state index contributed by atoms with van der Waals surface area (Å²) < 4.78 is 0. The summed E-state index contributed by atoms with van der Waals surface area (Å²) in [5.74, 6) is 0.617. The molecule has 2 unspecified atom stereocenters.